The van der Waals surface area contributed by atoms with Crippen LogP contribution in [0, 0.1) is 0 Å². The van der Waals surface area contributed by atoms with Crippen LogP contribution in [0.1, 0.15) is 36.2 Å². The first kappa shape index (κ1) is 15.5. The highest BCUT2D eigenvalue weighted by molar-refractivity contribution is 5.87. The van der Waals surface area contributed by atoms with Gasteiger partial charge in [0.05, 0.1) is 24.3 Å². The van der Waals surface area contributed by atoms with Gasteiger partial charge in [0.2, 0.25) is 5.91 Å². The summed E-state index contributed by atoms with van der Waals surface area (Å²) in [6, 6.07) is 6.77. The summed E-state index contributed by atoms with van der Waals surface area (Å²) in [6.07, 6.45) is 1.12. The number of hydrogen-bond donors (Lipinski definition) is 1. The number of benzene rings is 1. The average molecular weight is 291 g/mol. The minimum atomic E-state index is -0.936. The highest BCUT2D eigenvalue weighted by Gasteiger charge is 2.28. The normalized spacial score (nSPS) is 22.1. The van der Waals surface area contributed by atoms with Gasteiger partial charge in [-0.3, -0.25) is 4.79 Å². The van der Waals surface area contributed by atoms with Crippen LogP contribution in [-0.2, 0) is 16.0 Å². The van der Waals surface area contributed by atoms with E-state index in [1.165, 1.54) is 0 Å². The third kappa shape index (κ3) is 3.82. The van der Waals surface area contributed by atoms with Crippen LogP contribution in [0.3, 0.4) is 0 Å². The van der Waals surface area contributed by atoms with Crippen molar-refractivity contribution in [2.75, 3.05) is 13.2 Å². The molecule has 0 radical (unpaired) electrons. The molecule has 1 fully saturated rings. The number of nitrogens with zero attached hydrogens (tertiary/aromatic N) is 1. The number of carbonyl (C=O) groups is 2. The number of ether oxygens (including phenoxy) is 1. The fourth-order valence-corrected chi connectivity index (χ4v) is 2.49. The van der Waals surface area contributed by atoms with E-state index in [-0.39, 0.29) is 23.6 Å². The maximum atomic E-state index is 12.3. The van der Waals surface area contributed by atoms with Crippen molar-refractivity contribution in [2.45, 2.75) is 38.8 Å². The van der Waals surface area contributed by atoms with Crippen molar-refractivity contribution in [3.05, 3.63) is 35.4 Å². The molecule has 1 amide bonds. The molecule has 0 spiro atoms. The van der Waals surface area contributed by atoms with Gasteiger partial charge in [-0.15, -0.1) is 0 Å². The maximum absolute atomic E-state index is 12.3. The van der Waals surface area contributed by atoms with Crippen molar-refractivity contribution in [1.82, 2.24) is 4.90 Å². The molecular weight excluding hydrogens is 270 g/mol. The van der Waals surface area contributed by atoms with E-state index >= 15 is 0 Å². The second kappa shape index (κ2) is 6.72. The van der Waals surface area contributed by atoms with E-state index in [0.717, 1.165) is 5.56 Å². The molecule has 2 unspecified atom stereocenters. The summed E-state index contributed by atoms with van der Waals surface area (Å²) < 4.78 is 5.52. The Morgan fingerprint density at radius 2 is 1.95 bits per heavy atom. The van der Waals surface area contributed by atoms with Crippen molar-refractivity contribution in [2.24, 2.45) is 0 Å². The van der Waals surface area contributed by atoms with Gasteiger partial charge < -0.3 is 14.7 Å². The molecule has 5 nitrogen and oxygen atoms in total. The lowest BCUT2D eigenvalue weighted by atomic mass is 10.1. The molecule has 2 rings (SSSR count). The number of rotatable bonds is 4. The van der Waals surface area contributed by atoms with Crippen LogP contribution in [0.5, 0.6) is 0 Å². The van der Waals surface area contributed by atoms with Gasteiger partial charge in [0.1, 0.15) is 0 Å². The van der Waals surface area contributed by atoms with Crippen LogP contribution < -0.4 is 0 Å². The van der Waals surface area contributed by atoms with Gasteiger partial charge in [0.15, 0.2) is 0 Å². The summed E-state index contributed by atoms with van der Waals surface area (Å²) in [4.78, 5) is 24.9. The molecule has 1 aliphatic rings. The van der Waals surface area contributed by atoms with Crippen LogP contribution >= 0.6 is 0 Å². The molecule has 0 bridgehead atoms. The lowest BCUT2D eigenvalue weighted by molar-refractivity contribution is -0.143. The first-order valence-corrected chi connectivity index (χ1v) is 7.22. The summed E-state index contributed by atoms with van der Waals surface area (Å²) >= 11 is 0. The third-order valence-corrected chi connectivity index (χ3v) is 4.03. The molecule has 1 aliphatic heterocycles. The predicted molar refractivity (Wildman–Crippen MR) is 78.3 cm³/mol. The molecule has 5 heteroatoms. The van der Waals surface area contributed by atoms with Crippen molar-refractivity contribution < 1.29 is 19.4 Å². The van der Waals surface area contributed by atoms with Crippen molar-refractivity contribution >= 4 is 11.9 Å². The van der Waals surface area contributed by atoms with Gasteiger partial charge in [-0.25, -0.2) is 4.79 Å². The van der Waals surface area contributed by atoms with E-state index in [0.29, 0.717) is 26.0 Å². The number of carboxylic acid groups (broad SMARTS) is 1. The molecule has 114 valence electrons. The average Bonchev–Trinajstić information content (AvgIpc) is 2.48. The second-order valence-corrected chi connectivity index (χ2v) is 5.41. The van der Waals surface area contributed by atoms with Gasteiger partial charge in [0, 0.05) is 13.0 Å². The van der Waals surface area contributed by atoms with Gasteiger partial charge in [-0.2, -0.15) is 0 Å². The van der Waals surface area contributed by atoms with Crippen LogP contribution in [0.2, 0.25) is 0 Å². The van der Waals surface area contributed by atoms with Gasteiger partial charge in [-0.1, -0.05) is 12.1 Å². The Morgan fingerprint density at radius 1 is 1.29 bits per heavy atom. The number of carboxylic acids is 1. The van der Waals surface area contributed by atoms with Gasteiger partial charge in [-0.05, 0) is 38.0 Å². The molecule has 1 aromatic carbocycles. The Morgan fingerprint density at radius 3 is 2.57 bits per heavy atom. The molecule has 1 aromatic rings. The van der Waals surface area contributed by atoms with Crippen LogP contribution in [-0.4, -0.2) is 47.2 Å². The number of carbonyl (C=O) groups excluding carboxylic acids is 1. The Kier molecular flexibility index (Phi) is 4.96. The molecule has 0 aromatic heterocycles. The molecular formula is C16H21NO4. The van der Waals surface area contributed by atoms with E-state index in [1.54, 1.807) is 24.3 Å². The standard InChI is InChI=1S/C16H21NO4/c1-11-12(2)21-10-9-17(11)15(18)8-5-13-3-6-14(7-4-13)16(19)20/h3-4,6-7,11-12H,5,8-10H2,1-2H3,(H,19,20). The fraction of sp³-hybridized carbons (Fsp3) is 0.500. The van der Waals surface area contributed by atoms with Crippen LogP contribution in [0.4, 0.5) is 0 Å². The van der Waals surface area contributed by atoms with E-state index in [4.69, 9.17) is 9.84 Å². The van der Waals surface area contributed by atoms with Crippen molar-refractivity contribution in [3.8, 4) is 0 Å². The summed E-state index contributed by atoms with van der Waals surface area (Å²) in [5.41, 5.74) is 1.24. The summed E-state index contributed by atoms with van der Waals surface area (Å²) in [6.45, 7) is 5.21. The van der Waals surface area contributed by atoms with Gasteiger partial charge in [0.25, 0.3) is 0 Å². The topological polar surface area (TPSA) is 66.8 Å². The van der Waals surface area contributed by atoms with Crippen molar-refractivity contribution in [1.29, 1.82) is 0 Å². The minimum Gasteiger partial charge on any atom is -0.478 e. The van der Waals surface area contributed by atoms with E-state index in [1.807, 2.05) is 18.7 Å². The predicted octanol–water partition coefficient (Wildman–Crippen LogP) is 1.95. The number of aryl methyl sites for hydroxylation is 1. The van der Waals surface area contributed by atoms with E-state index < -0.39 is 5.97 Å². The fourth-order valence-electron chi connectivity index (χ4n) is 2.49. The smallest absolute Gasteiger partial charge is 0.335 e. The number of aromatic carboxylic acids is 1. The molecule has 2 atom stereocenters. The lowest BCUT2D eigenvalue weighted by Crippen LogP contribution is -2.51. The highest BCUT2D eigenvalue weighted by atomic mass is 16.5. The minimum absolute atomic E-state index is 0.0672. The zero-order valence-corrected chi connectivity index (χ0v) is 12.4. The number of amides is 1. The highest BCUT2D eigenvalue weighted by Crippen LogP contribution is 2.16. The second-order valence-electron chi connectivity index (χ2n) is 5.41. The van der Waals surface area contributed by atoms with E-state index in [9.17, 15) is 9.59 Å². The third-order valence-electron chi connectivity index (χ3n) is 4.03. The van der Waals surface area contributed by atoms with Crippen LogP contribution in [0.25, 0.3) is 0 Å². The Bertz CT molecular complexity index is 512. The Balaban J connectivity index is 1.90. The summed E-state index contributed by atoms with van der Waals surface area (Å²) in [5.74, 6) is -0.811. The first-order chi connectivity index (χ1) is 9.99. The molecule has 1 heterocycles. The Labute approximate surface area is 124 Å². The molecule has 1 N–H and O–H groups in total. The summed E-state index contributed by atoms with van der Waals surface area (Å²) in [7, 11) is 0. The number of morpholine rings is 1. The van der Waals surface area contributed by atoms with Crippen molar-refractivity contribution in [3.63, 3.8) is 0 Å². The Hall–Kier alpha value is -1.88. The largest absolute Gasteiger partial charge is 0.478 e. The zero-order chi connectivity index (χ0) is 15.4. The molecule has 21 heavy (non-hydrogen) atoms. The molecule has 0 aliphatic carbocycles. The first-order valence-electron chi connectivity index (χ1n) is 7.22. The van der Waals surface area contributed by atoms with Gasteiger partial charge >= 0.3 is 5.97 Å². The maximum Gasteiger partial charge on any atom is 0.335 e. The quantitative estimate of drug-likeness (QED) is 0.920. The monoisotopic (exact) mass is 291 g/mol. The molecule has 0 saturated carbocycles. The lowest BCUT2D eigenvalue weighted by Gasteiger charge is -2.38. The zero-order valence-electron chi connectivity index (χ0n) is 12.4. The molecule has 1 saturated heterocycles. The summed E-state index contributed by atoms with van der Waals surface area (Å²) in [5, 5.41) is 8.85. The number of hydrogen-bond acceptors (Lipinski definition) is 3. The van der Waals surface area contributed by atoms with E-state index in [2.05, 4.69) is 0 Å². The SMILES string of the molecule is CC1OCCN(C(=O)CCc2ccc(C(=O)O)cc2)C1C. The van der Waals surface area contributed by atoms with Crippen LogP contribution in [0.15, 0.2) is 24.3 Å².